The van der Waals surface area contributed by atoms with Crippen LogP contribution >= 0.6 is 0 Å². The number of aliphatic hydroxyl groups is 1. The van der Waals surface area contributed by atoms with Gasteiger partial charge in [-0.2, -0.15) is 0 Å². The first-order chi connectivity index (χ1) is 21.4. The highest BCUT2D eigenvalue weighted by atomic mass is 19.1. The Labute approximate surface area is 260 Å². The minimum Gasteiger partial charge on any atom is -0.490 e. The van der Waals surface area contributed by atoms with E-state index in [1.807, 2.05) is 18.2 Å². The van der Waals surface area contributed by atoms with E-state index >= 15 is 4.39 Å². The summed E-state index contributed by atoms with van der Waals surface area (Å²) in [6.45, 7) is 5.26. The van der Waals surface area contributed by atoms with E-state index < -0.39 is 18.4 Å². The molecule has 0 bridgehead atoms. The standard InChI is InChI=1S/C39H43FO4/c1-3-4-5-6-28-7-9-29(10-8-28)30-11-13-31(14-12-30)32-15-16-34-24-35(18-17-33(34)23-32)37-20-19-36(25-38(37)40)43-21-22-44-39(42)27(2)26-41/h11-20,23-25,28-29,41H,2-10,21-22,26H2,1H3. The summed E-state index contributed by atoms with van der Waals surface area (Å²) >= 11 is 0. The predicted octanol–water partition coefficient (Wildman–Crippen LogP) is 9.64. The van der Waals surface area contributed by atoms with Crippen molar-refractivity contribution >= 4 is 16.7 Å². The highest BCUT2D eigenvalue weighted by Gasteiger charge is 2.22. The molecule has 1 aliphatic rings. The third-order valence-electron chi connectivity index (χ3n) is 8.93. The fourth-order valence-electron chi connectivity index (χ4n) is 6.29. The number of benzene rings is 4. The van der Waals surface area contributed by atoms with Crippen molar-refractivity contribution in [2.45, 2.75) is 64.2 Å². The summed E-state index contributed by atoms with van der Waals surface area (Å²) in [4.78, 5) is 11.5. The van der Waals surface area contributed by atoms with Gasteiger partial charge in [0.1, 0.15) is 24.8 Å². The molecule has 1 aliphatic carbocycles. The van der Waals surface area contributed by atoms with Crippen LogP contribution in [0.1, 0.15) is 69.8 Å². The Morgan fingerprint density at radius 3 is 2.20 bits per heavy atom. The van der Waals surface area contributed by atoms with Gasteiger partial charge in [0, 0.05) is 11.6 Å². The third kappa shape index (κ3) is 7.95. The number of hydrogen-bond acceptors (Lipinski definition) is 4. The maximum absolute atomic E-state index is 15.1. The number of esters is 1. The van der Waals surface area contributed by atoms with Crippen molar-refractivity contribution in [3.8, 4) is 28.0 Å². The van der Waals surface area contributed by atoms with Crippen LogP contribution in [0.4, 0.5) is 4.39 Å². The largest absolute Gasteiger partial charge is 0.490 e. The zero-order chi connectivity index (χ0) is 30.9. The maximum Gasteiger partial charge on any atom is 0.335 e. The highest BCUT2D eigenvalue weighted by molar-refractivity contribution is 5.91. The molecule has 230 valence electrons. The van der Waals surface area contributed by atoms with Crippen LogP contribution in [-0.4, -0.2) is 30.9 Å². The average molecular weight is 595 g/mol. The molecule has 1 saturated carbocycles. The number of rotatable bonds is 13. The maximum atomic E-state index is 15.1. The van der Waals surface area contributed by atoms with Gasteiger partial charge < -0.3 is 14.6 Å². The van der Waals surface area contributed by atoms with Gasteiger partial charge in [0.05, 0.1) is 12.2 Å². The Balaban J connectivity index is 1.19. The number of hydrogen-bond donors (Lipinski definition) is 1. The predicted molar refractivity (Wildman–Crippen MR) is 176 cm³/mol. The summed E-state index contributed by atoms with van der Waals surface area (Å²) in [5.41, 5.74) is 5.10. The summed E-state index contributed by atoms with van der Waals surface area (Å²) in [5.74, 6) is 0.879. The molecular weight excluding hydrogens is 551 g/mol. The van der Waals surface area contributed by atoms with Crippen molar-refractivity contribution in [1.82, 2.24) is 0 Å². The van der Waals surface area contributed by atoms with Gasteiger partial charge in [-0.05, 0) is 94.8 Å². The number of unbranched alkanes of at least 4 members (excludes halogenated alkanes) is 2. The Morgan fingerprint density at radius 1 is 0.841 bits per heavy atom. The second kappa shape index (κ2) is 15.2. The molecule has 4 aromatic carbocycles. The number of halogens is 1. The van der Waals surface area contributed by atoms with Crippen LogP contribution in [0, 0.1) is 11.7 Å². The molecule has 0 heterocycles. The van der Waals surface area contributed by atoms with Crippen molar-refractivity contribution < 1.29 is 23.8 Å². The molecule has 0 aliphatic heterocycles. The van der Waals surface area contributed by atoms with Crippen LogP contribution in [0.2, 0.25) is 0 Å². The van der Waals surface area contributed by atoms with Gasteiger partial charge in [-0.3, -0.25) is 0 Å². The van der Waals surface area contributed by atoms with Crippen molar-refractivity contribution in [3.63, 3.8) is 0 Å². The van der Waals surface area contributed by atoms with E-state index in [1.54, 1.807) is 12.1 Å². The van der Waals surface area contributed by atoms with Gasteiger partial charge >= 0.3 is 5.97 Å². The zero-order valence-corrected chi connectivity index (χ0v) is 25.7. The fourth-order valence-corrected chi connectivity index (χ4v) is 6.29. The number of ether oxygens (including phenoxy) is 2. The van der Waals surface area contributed by atoms with Gasteiger partial charge in [-0.25, -0.2) is 9.18 Å². The van der Waals surface area contributed by atoms with Gasteiger partial charge in [0.15, 0.2) is 0 Å². The van der Waals surface area contributed by atoms with E-state index in [0.717, 1.165) is 22.3 Å². The van der Waals surface area contributed by atoms with Crippen LogP contribution in [-0.2, 0) is 9.53 Å². The molecular formula is C39H43FO4. The molecule has 4 aromatic rings. The lowest BCUT2D eigenvalue weighted by atomic mass is 9.77. The first-order valence-electron chi connectivity index (χ1n) is 16.0. The summed E-state index contributed by atoms with van der Waals surface area (Å²) < 4.78 is 25.5. The molecule has 0 saturated heterocycles. The van der Waals surface area contributed by atoms with Crippen LogP contribution in [0.3, 0.4) is 0 Å². The van der Waals surface area contributed by atoms with Gasteiger partial charge in [-0.1, -0.05) is 87.7 Å². The van der Waals surface area contributed by atoms with Crippen LogP contribution in [0.25, 0.3) is 33.0 Å². The number of aliphatic hydroxyl groups excluding tert-OH is 1. The van der Waals surface area contributed by atoms with E-state index in [1.165, 1.54) is 74.1 Å². The lowest BCUT2D eigenvalue weighted by molar-refractivity contribution is -0.140. The SMILES string of the molecule is C=C(CO)C(=O)OCCOc1ccc(-c2ccc3cc(-c4ccc(C5CCC(CCCCC)CC5)cc4)ccc3c2)c(F)c1. The molecule has 4 nitrogen and oxygen atoms in total. The monoisotopic (exact) mass is 594 g/mol. The van der Waals surface area contributed by atoms with E-state index in [4.69, 9.17) is 14.6 Å². The quantitative estimate of drug-likeness (QED) is 0.0951. The molecule has 5 heteroatoms. The van der Waals surface area contributed by atoms with Crippen molar-refractivity contribution in [2.75, 3.05) is 19.8 Å². The first kappa shape index (κ1) is 31.5. The molecule has 0 unspecified atom stereocenters. The Bertz CT molecular complexity index is 1570. The summed E-state index contributed by atoms with van der Waals surface area (Å²) in [6, 6.07) is 26.3. The van der Waals surface area contributed by atoms with Crippen molar-refractivity contribution in [1.29, 1.82) is 0 Å². The van der Waals surface area contributed by atoms with Crippen molar-refractivity contribution in [3.05, 3.63) is 102 Å². The summed E-state index contributed by atoms with van der Waals surface area (Å²) in [7, 11) is 0. The molecule has 0 spiro atoms. The lowest BCUT2D eigenvalue weighted by Crippen LogP contribution is -2.15. The topological polar surface area (TPSA) is 55.8 Å². The normalized spacial score (nSPS) is 16.5. The molecule has 0 amide bonds. The van der Waals surface area contributed by atoms with Crippen LogP contribution in [0.15, 0.2) is 91.0 Å². The minimum atomic E-state index is -0.681. The first-order valence-corrected chi connectivity index (χ1v) is 16.0. The van der Waals surface area contributed by atoms with Gasteiger partial charge in [0.2, 0.25) is 0 Å². The highest BCUT2D eigenvalue weighted by Crippen LogP contribution is 2.38. The molecule has 1 fully saturated rings. The smallest absolute Gasteiger partial charge is 0.335 e. The lowest BCUT2D eigenvalue weighted by Gasteiger charge is -2.29. The Hall–Kier alpha value is -3.96. The molecule has 5 rings (SSSR count). The number of carbonyl (C=O) groups is 1. The minimum absolute atomic E-state index is 0.0264. The van der Waals surface area contributed by atoms with Gasteiger partial charge in [0.25, 0.3) is 0 Å². The summed E-state index contributed by atoms with van der Waals surface area (Å²) in [5, 5.41) is 11.1. The Morgan fingerprint density at radius 2 is 1.52 bits per heavy atom. The van der Waals surface area contributed by atoms with E-state index in [0.29, 0.717) is 17.2 Å². The Kier molecular flexibility index (Phi) is 10.8. The number of fused-ring (bicyclic) bond motifs is 1. The van der Waals surface area contributed by atoms with Gasteiger partial charge in [-0.15, -0.1) is 0 Å². The zero-order valence-electron chi connectivity index (χ0n) is 25.7. The van der Waals surface area contributed by atoms with Crippen LogP contribution < -0.4 is 4.74 Å². The molecule has 44 heavy (non-hydrogen) atoms. The summed E-state index contributed by atoms with van der Waals surface area (Å²) in [6.07, 6.45) is 10.8. The molecule has 0 aromatic heterocycles. The second-order valence-electron chi connectivity index (χ2n) is 12.0. The van der Waals surface area contributed by atoms with Crippen LogP contribution in [0.5, 0.6) is 5.75 Å². The van der Waals surface area contributed by atoms with Crippen molar-refractivity contribution in [2.24, 2.45) is 5.92 Å². The number of carbonyl (C=O) groups excluding carboxylic acids is 1. The second-order valence-corrected chi connectivity index (χ2v) is 12.0. The fraction of sp³-hybridized carbons (Fsp3) is 0.359. The third-order valence-corrected chi connectivity index (χ3v) is 8.93. The van der Waals surface area contributed by atoms with E-state index in [-0.39, 0.29) is 18.8 Å². The average Bonchev–Trinajstić information content (AvgIpc) is 3.06. The van der Waals surface area contributed by atoms with E-state index in [2.05, 4.69) is 56.0 Å². The molecule has 0 atom stereocenters. The molecule has 1 N–H and O–H groups in total. The van der Waals surface area contributed by atoms with E-state index in [9.17, 15) is 4.79 Å². The molecule has 0 radical (unpaired) electrons.